The van der Waals surface area contributed by atoms with Crippen LogP contribution in [-0.4, -0.2) is 13.0 Å². The van der Waals surface area contributed by atoms with E-state index in [0.717, 1.165) is 11.8 Å². The van der Waals surface area contributed by atoms with E-state index in [2.05, 4.69) is 13.8 Å². The summed E-state index contributed by atoms with van der Waals surface area (Å²) < 4.78 is 28.6. The van der Waals surface area contributed by atoms with E-state index in [1.165, 1.54) is 6.08 Å². The first kappa shape index (κ1) is 10.7. The Kier molecular flexibility index (Phi) is 4.37. The topological polar surface area (TPSA) is 54.4 Å². The van der Waals surface area contributed by atoms with Crippen molar-refractivity contribution in [2.75, 3.05) is 0 Å². The largest absolute Gasteiger partial charge is 0.287 e. The van der Waals surface area contributed by atoms with E-state index >= 15 is 0 Å². The van der Waals surface area contributed by atoms with Crippen molar-refractivity contribution in [3.8, 4) is 0 Å². The third kappa shape index (κ3) is 9.65. The first-order chi connectivity index (χ1) is 4.92. The van der Waals surface area contributed by atoms with Gasteiger partial charge in [-0.3, -0.25) is 4.55 Å². The molecule has 0 saturated carbocycles. The molecule has 0 spiro atoms. The first-order valence-electron chi connectivity index (χ1n) is 3.56. The van der Waals surface area contributed by atoms with Crippen LogP contribution in [0.3, 0.4) is 0 Å². The molecule has 66 valence electrons. The highest BCUT2D eigenvalue weighted by Gasteiger charge is 1.95. The van der Waals surface area contributed by atoms with E-state index in [4.69, 9.17) is 4.55 Å². The summed E-state index contributed by atoms with van der Waals surface area (Å²) in [5.41, 5.74) is 0. The van der Waals surface area contributed by atoms with Crippen LogP contribution in [0.4, 0.5) is 0 Å². The molecule has 0 atom stereocenters. The zero-order valence-corrected chi connectivity index (χ0v) is 7.63. The minimum absolute atomic E-state index is 0.557. The Hall–Kier alpha value is -0.350. The Bertz CT molecular complexity index is 214. The van der Waals surface area contributed by atoms with E-state index in [0.29, 0.717) is 12.3 Å². The molecule has 0 aliphatic heterocycles. The van der Waals surface area contributed by atoms with E-state index in [-0.39, 0.29) is 0 Å². The summed E-state index contributed by atoms with van der Waals surface area (Å²) in [6.45, 7) is 4.11. The van der Waals surface area contributed by atoms with Gasteiger partial charge < -0.3 is 0 Å². The van der Waals surface area contributed by atoms with Gasteiger partial charge in [0.1, 0.15) is 0 Å². The lowest BCUT2D eigenvalue weighted by atomic mass is 10.1. The highest BCUT2D eigenvalue weighted by atomic mass is 32.2. The molecular formula is C7H14O3S. The highest BCUT2D eigenvalue weighted by molar-refractivity contribution is 7.88. The maximum absolute atomic E-state index is 10.1. The molecular weight excluding hydrogens is 164 g/mol. The van der Waals surface area contributed by atoms with E-state index in [1.807, 2.05) is 0 Å². The second-order valence-electron chi connectivity index (χ2n) is 2.86. The molecule has 0 aliphatic carbocycles. The Morgan fingerprint density at radius 2 is 2.00 bits per heavy atom. The molecule has 0 aliphatic rings. The van der Waals surface area contributed by atoms with E-state index < -0.39 is 10.1 Å². The Balaban J connectivity index is 3.63. The smallest absolute Gasteiger partial charge is 0.282 e. The third-order valence-electron chi connectivity index (χ3n) is 1.18. The standard InChI is InChI=1S/C7H14O3S/c1-7(2)5-3-4-6-11(8,9)10/h4,6-7H,3,5H2,1-2H3,(H,8,9,10). The minimum atomic E-state index is -3.90. The summed E-state index contributed by atoms with van der Waals surface area (Å²) >= 11 is 0. The second kappa shape index (κ2) is 4.51. The van der Waals surface area contributed by atoms with E-state index in [9.17, 15) is 8.42 Å². The molecule has 4 heteroatoms. The van der Waals surface area contributed by atoms with Crippen molar-refractivity contribution in [1.29, 1.82) is 0 Å². The molecule has 3 nitrogen and oxygen atoms in total. The van der Waals surface area contributed by atoms with Crippen LogP contribution in [0.15, 0.2) is 11.5 Å². The highest BCUT2D eigenvalue weighted by Crippen LogP contribution is 2.04. The normalized spacial score (nSPS) is 13.1. The Morgan fingerprint density at radius 1 is 1.45 bits per heavy atom. The van der Waals surface area contributed by atoms with Crippen LogP contribution in [0.2, 0.25) is 0 Å². The van der Waals surface area contributed by atoms with Crippen LogP contribution in [0.5, 0.6) is 0 Å². The van der Waals surface area contributed by atoms with E-state index in [1.54, 1.807) is 0 Å². The molecule has 0 aromatic heterocycles. The summed E-state index contributed by atoms with van der Waals surface area (Å²) in [5, 5.41) is 0.829. The molecule has 0 bridgehead atoms. The summed E-state index contributed by atoms with van der Waals surface area (Å²) in [5.74, 6) is 0.557. The molecule has 0 aromatic carbocycles. The van der Waals surface area contributed by atoms with Gasteiger partial charge in [-0.2, -0.15) is 8.42 Å². The van der Waals surface area contributed by atoms with Crippen molar-refractivity contribution in [3.63, 3.8) is 0 Å². The second-order valence-corrected chi connectivity index (χ2v) is 4.16. The summed E-state index contributed by atoms with van der Waals surface area (Å²) in [4.78, 5) is 0. The van der Waals surface area contributed by atoms with Gasteiger partial charge in [-0.05, 0) is 18.8 Å². The Labute approximate surface area is 67.9 Å². The van der Waals surface area contributed by atoms with Gasteiger partial charge in [0.25, 0.3) is 10.1 Å². The van der Waals surface area contributed by atoms with Crippen LogP contribution in [0.25, 0.3) is 0 Å². The first-order valence-corrected chi connectivity index (χ1v) is 5.06. The van der Waals surface area contributed by atoms with Gasteiger partial charge in [0.15, 0.2) is 0 Å². The lowest BCUT2D eigenvalue weighted by molar-refractivity contribution is 0.494. The van der Waals surface area contributed by atoms with Crippen LogP contribution in [-0.2, 0) is 10.1 Å². The lowest BCUT2D eigenvalue weighted by Gasteiger charge is -1.97. The monoisotopic (exact) mass is 178 g/mol. The van der Waals surface area contributed by atoms with Gasteiger partial charge in [-0.1, -0.05) is 19.9 Å². The van der Waals surface area contributed by atoms with Crippen molar-refractivity contribution in [3.05, 3.63) is 11.5 Å². The van der Waals surface area contributed by atoms with Crippen molar-refractivity contribution < 1.29 is 13.0 Å². The van der Waals surface area contributed by atoms with Crippen LogP contribution < -0.4 is 0 Å². The predicted molar refractivity (Wildman–Crippen MR) is 44.8 cm³/mol. The van der Waals surface area contributed by atoms with Crippen LogP contribution >= 0.6 is 0 Å². The molecule has 0 aromatic rings. The minimum Gasteiger partial charge on any atom is -0.282 e. The summed E-state index contributed by atoms with van der Waals surface area (Å²) in [7, 11) is -3.90. The quantitative estimate of drug-likeness (QED) is 0.668. The average Bonchev–Trinajstić information content (AvgIpc) is 1.78. The fraction of sp³-hybridized carbons (Fsp3) is 0.714. The SMILES string of the molecule is CC(C)CCC=CS(=O)(=O)O. The maximum atomic E-state index is 10.1. The maximum Gasteiger partial charge on any atom is 0.287 e. The molecule has 0 radical (unpaired) electrons. The third-order valence-corrected chi connectivity index (χ3v) is 1.72. The molecule has 0 saturated heterocycles. The molecule has 0 heterocycles. The van der Waals surface area contributed by atoms with Crippen molar-refractivity contribution in [2.45, 2.75) is 26.7 Å². The summed E-state index contributed by atoms with van der Waals surface area (Å²) in [6, 6.07) is 0. The lowest BCUT2D eigenvalue weighted by Crippen LogP contribution is -1.90. The molecule has 0 amide bonds. The van der Waals surface area contributed by atoms with Crippen molar-refractivity contribution in [1.82, 2.24) is 0 Å². The van der Waals surface area contributed by atoms with Crippen LogP contribution in [0, 0.1) is 5.92 Å². The average molecular weight is 178 g/mol. The fourth-order valence-electron chi connectivity index (χ4n) is 0.619. The molecule has 0 fully saturated rings. The van der Waals surface area contributed by atoms with Gasteiger partial charge in [0, 0.05) is 0 Å². The van der Waals surface area contributed by atoms with Gasteiger partial charge >= 0.3 is 0 Å². The van der Waals surface area contributed by atoms with Crippen LogP contribution in [0.1, 0.15) is 26.7 Å². The number of allylic oxidation sites excluding steroid dienone is 1. The van der Waals surface area contributed by atoms with Crippen molar-refractivity contribution in [2.24, 2.45) is 5.92 Å². The number of hydrogen-bond acceptors (Lipinski definition) is 2. The molecule has 0 rings (SSSR count). The molecule has 0 unspecified atom stereocenters. The summed E-state index contributed by atoms with van der Waals surface area (Å²) in [6.07, 6.45) is 3.10. The van der Waals surface area contributed by atoms with Gasteiger partial charge in [-0.15, -0.1) is 0 Å². The Morgan fingerprint density at radius 3 is 2.36 bits per heavy atom. The molecule has 11 heavy (non-hydrogen) atoms. The zero-order valence-electron chi connectivity index (χ0n) is 6.82. The number of rotatable bonds is 4. The van der Waals surface area contributed by atoms with Gasteiger partial charge in [0.2, 0.25) is 0 Å². The zero-order chi connectivity index (χ0) is 8.91. The molecule has 1 N–H and O–H groups in total. The predicted octanol–water partition coefficient (Wildman–Crippen LogP) is 1.82. The fourth-order valence-corrected chi connectivity index (χ4v) is 0.998. The number of hydrogen-bond donors (Lipinski definition) is 1. The van der Waals surface area contributed by atoms with Crippen molar-refractivity contribution >= 4 is 10.1 Å². The van der Waals surface area contributed by atoms with Gasteiger partial charge in [0.05, 0.1) is 5.41 Å². The van der Waals surface area contributed by atoms with Gasteiger partial charge in [-0.25, -0.2) is 0 Å².